The van der Waals surface area contributed by atoms with E-state index >= 15 is 0 Å². The van der Waals surface area contributed by atoms with Gasteiger partial charge in [-0.2, -0.15) is 0 Å². The van der Waals surface area contributed by atoms with E-state index in [9.17, 15) is 13.5 Å². The van der Waals surface area contributed by atoms with Gasteiger partial charge in [0.1, 0.15) is 16.2 Å². The minimum absolute atomic E-state index is 0.0408. The van der Waals surface area contributed by atoms with E-state index in [0.29, 0.717) is 29.6 Å². The SMILES string of the molecule is Nc1c(S(=O)(=O)c2ccccc2)c2nc3ccccc3nc2n1CCCO. The molecule has 138 valence electrons. The highest BCUT2D eigenvalue weighted by Gasteiger charge is 2.29. The van der Waals surface area contributed by atoms with E-state index in [4.69, 9.17) is 5.73 Å². The molecule has 0 bridgehead atoms. The first kappa shape index (κ1) is 17.4. The van der Waals surface area contributed by atoms with E-state index in [0.717, 1.165) is 0 Å². The average molecular weight is 382 g/mol. The van der Waals surface area contributed by atoms with Gasteiger partial charge in [-0.1, -0.05) is 30.3 Å². The highest BCUT2D eigenvalue weighted by atomic mass is 32.2. The molecule has 4 rings (SSSR count). The molecule has 27 heavy (non-hydrogen) atoms. The van der Waals surface area contributed by atoms with Crippen LogP contribution in [0.1, 0.15) is 6.42 Å². The molecule has 2 heterocycles. The lowest BCUT2D eigenvalue weighted by molar-refractivity contribution is 0.281. The van der Waals surface area contributed by atoms with Crippen LogP contribution in [0.15, 0.2) is 64.4 Å². The number of sulfone groups is 1. The highest BCUT2D eigenvalue weighted by Crippen LogP contribution is 2.35. The fraction of sp³-hybridized carbons (Fsp3) is 0.158. The van der Waals surface area contributed by atoms with Crippen molar-refractivity contribution in [3.05, 3.63) is 54.6 Å². The Labute approximate surface area is 156 Å². The molecule has 0 unspecified atom stereocenters. The molecule has 0 saturated carbocycles. The van der Waals surface area contributed by atoms with E-state index in [1.807, 2.05) is 18.2 Å². The van der Waals surface area contributed by atoms with Crippen LogP contribution in [0.2, 0.25) is 0 Å². The van der Waals surface area contributed by atoms with Gasteiger partial charge in [-0.15, -0.1) is 0 Å². The van der Waals surface area contributed by atoms with Gasteiger partial charge in [0.15, 0.2) is 5.65 Å². The van der Waals surface area contributed by atoms with Gasteiger partial charge < -0.3 is 15.4 Å². The van der Waals surface area contributed by atoms with Gasteiger partial charge in [0.05, 0.1) is 15.9 Å². The second-order valence-corrected chi connectivity index (χ2v) is 8.03. The molecule has 3 N–H and O–H groups in total. The molecule has 2 aromatic heterocycles. The number of nitrogens with zero attached hydrogens (tertiary/aromatic N) is 3. The minimum atomic E-state index is -3.88. The Hall–Kier alpha value is -2.97. The van der Waals surface area contributed by atoms with Crippen LogP contribution >= 0.6 is 0 Å². The summed E-state index contributed by atoms with van der Waals surface area (Å²) >= 11 is 0. The van der Waals surface area contributed by atoms with Gasteiger partial charge in [-0.05, 0) is 30.7 Å². The Bertz CT molecular complexity index is 1230. The topological polar surface area (TPSA) is 111 Å². The second-order valence-electron chi connectivity index (χ2n) is 6.14. The summed E-state index contributed by atoms with van der Waals surface area (Å²) in [6.07, 6.45) is 0.424. The predicted octanol–water partition coefficient (Wildman–Crippen LogP) is 2.38. The van der Waals surface area contributed by atoms with Crippen LogP contribution in [0.3, 0.4) is 0 Å². The largest absolute Gasteiger partial charge is 0.396 e. The molecular weight excluding hydrogens is 364 g/mol. The molecule has 0 aliphatic heterocycles. The van der Waals surface area contributed by atoms with Crippen molar-refractivity contribution in [1.29, 1.82) is 0 Å². The number of nitrogens with two attached hydrogens (primary N) is 1. The number of aryl methyl sites for hydroxylation is 1. The Balaban J connectivity index is 2.08. The first-order chi connectivity index (χ1) is 13.0. The zero-order chi connectivity index (χ0) is 19.0. The number of para-hydroxylation sites is 2. The van der Waals surface area contributed by atoms with Gasteiger partial charge in [0.25, 0.3) is 0 Å². The molecular formula is C19H18N4O3S. The summed E-state index contributed by atoms with van der Waals surface area (Å²) in [5, 5.41) is 9.20. The average Bonchev–Trinajstić information content (AvgIpc) is 2.96. The molecule has 4 aromatic rings. The standard InChI is InChI=1S/C19H18N4O3S/c20-18-17(27(25,26)13-7-2-1-3-8-13)16-19(23(18)11-6-12-24)22-15-10-5-4-9-14(15)21-16/h1-5,7-10,24H,6,11-12,20H2. The lowest BCUT2D eigenvalue weighted by Crippen LogP contribution is -2.09. The molecule has 2 aromatic carbocycles. The maximum absolute atomic E-state index is 13.3. The van der Waals surface area contributed by atoms with Crippen molar-refractivity contribution < 1.29 is 13.5 Å². The minimum Gasteiger partial charge on any atom is -0.396 e. The number of rotatable bonds is 5. The van der Waals surface area contributed by atoms with Gasteiger partial charge >= 0.3 is 0 Å². The number of hydrogen-bond donors (Lipinski definition) is 2. The summed E-state index contributed by atoms with van der Waals surface area (Å²) in [6.45, 7) is 0.303. The number of hydrogen-bond acceptors (Lipinski definition) is 6. The fourth-order valence-electron chi connectivity index (χ4n) is 3.13. The maximum atomic E-state index is 13.3. The van der Waals surface area contributed by atoms with Crippen molar-refractivity contribution in [3.63, 3.8) is 0 Å². The summed E-state index contributed by atoms with van der Waals surface area (Å²) in [5.41, 5.74) is 8.15. The van der Waals surface area contributed by atoms with Crippen LogP contribution in [0.5, 0.6) is 0 Å². The first-order valence-electron chi connectivity index (χ1n) is 8.49. The second kappa shape index (κ2) is 6.64. The number of aliphatic hydroxyl groups excluding tert-OH is 1. The molecule has 0 spiro atoms. The molecule has 8 heteroatoms. The van der Waals surface area contributed by atoms with Crippen molar-refractivity contribution in [2.45, 2.75) is 22.8 Å². The Kier molecular flexibility index (Phi) is 4.29. The van der Waals surface area contributed by atoms with Crippen molar-refractivity contribution >= 4 is 37.9 Å². The van der Waals surface area contributed by atoms with E-state index in [2.05, 4.69) is 9.97 Å². The highest BCUT2D eigenvalue weighted by molar-refractivity contribution is 7.92. The summed E-state index contributed by atoms with van der Waals surface area (Å²) in [7, 11) is -3.88. The monoisotopic (exact) mass is 382 g/mol. The van der Waals surface area contributed by atoms with Crippen LogP contribution < -0.4 is 5.73 Å². The Morgan fingerprint density at radius 3 is 2.26 bits per heavy atom. The van der Waals surface area contributed by atoms with Gasteiger partial charge in [0, 0.05) is 13.2 Å². The quantitative estimate of drug-likeness (QED) is 0.548. The number of benzene rings is 2. The zero-order valence-corrected chi connectivity index (χ0v) is 15.2. The van der Waals surface area contributed by atoms with Crippen LogP contribution in [0.25, 0.3) is 22.2 Å². The summed E-state index contributed by atoms with van der Waals surface area (Å²) in [6, 6.07) is 15.4. The van der Waals surface area contributed by atoms with E-state index in [1.54, 1.807) is 28.8 Å². The van der Waals surface area contributed by atoms with Crippen LogP contribution in [-0.2, 0) is 16.4 Å². The number of anilines is 1. The third-order valence-corrected chi connectivity index (χ3v) is 6.24. The number of fused-ring (bicyclic) bond motifs is 2. The zero-order valence-electron chi connectivity index (χ0n) is 14.4. The molecule has 7 nitrogen and oxygen atoms in total. The first-order valence-corrected chi connectivity index (χ1v) is 9.98. The summed E-state index contributed by atoms with van der Waals surface area (Å²) in [4.78, 5) is 9.25. The molecule has 0 aliphatic rings. The third-order valence-electron chi connectivity index (χ3n) is 4.41. The smallest absolute Gasteiger partial charge is 0.212 e. The van der Waals surface area contributed by atoms with Crippen LogP contribution in [0.4, 0.5) is 5.82 Å². The number of aliphatic hydroxyl groups is 1. The molecule has 0 fully saturated rings. The molecule has 0 atom stereocenters. The van der Waals surface area contributed by atoms with Gasteiger partial charge in [-0.25, -0.2) is 18.4 Å². The normalized spacial score (nSPS) is 12.0. The Morgan fingerprint density at radius 1 is 0.963 bits per heavy atom. The molecule has 0 aliphatic carbocycles. The van der Waals surface area contributed by atoms with Crippen molar-refractivity contribution in [3.8, 4) is 0 Å². The van der Waals surface area contributed by atoms with Crippen LogP contribution in [0, 0.1) is 0 Å². The summed E-state index contributed by atoms with van der Waals surface area (Å²) < 4.78 is 28.2. The van der Waals surface area contributed by atoms with E-state index in [-0.39, 0.29) is 27.7 Å². The van der Waals surface area contributed by atoms with Gasteiger partial charge in [0.2, 0.25) is 9.84 Å². The molecule has 0 radical (unpaired) electrons. The fourth-order valence-corrected chi connectivity index (χ4v) is 4.65. The maximum Gasteiger partial charge on any atom is 0.212 e. The van der Waals surface area contributed by atoms with Crippen molar-refractivity contribution in [2.24, 2.45) is 0 Å². The predicted molar refractivity (Wildman–Crippen MR) is 103 cm³/mol. The van der Waals surface area contributed by atoms with Crippen molar-refractivity contribution in [2.75, 3.05) is 12.3 Å². The lowest BCUT2D eigenvalue weighted by atomic mass is 10.3. The lowest BCUT2D eigenvalue weighted by Gasteiger charge is -2.07. The van der Waals surface area contributed by atoms with Crippen LogP contribution in [-0.4, -0.2) is 34.7 Å². The van der Waals surface area contributed by atoms with Crippen molar-refractivity contribution in [1.82, 2.24) is 14.5 Å². The molecule has 0 amide bonds. The number of aromatic nitrogens is 3. The molecule has 0 saturated heterocycles. The van der Waals surface area contributed by atoms with E-state index < -0.39 is 9.84 Å². The number of nitrogen functional groups attached to an aromatic ring is 1. The Morgan fingerprint density at radius 2 is 1.59 bits per heavy atom. The van der Waals surface area contributed by atoms with E-state index in [1.165, 1.54) is 12.1 Å². The summed E-state index contributed by atoms with van der Waals surface area (Å²) in [5.74, 6) is 0.0811. The van der Waals surface area contributed by atoms with Gasteiger partial charge in [-0.3, -0.25) is 0 Å². The third kappa shape index (κ3) is 2.83.